The van der Waals surface area contributed by atoms with Gasteiger partial charge < -0.3 is 10.1 Å². The van der Waals surface area contributed by atoms with E-state index in [0.29, 0.717) is 12.1 Å². The molecule has 0 radical (unpaired) electrons. The zero-order valence-corrected chi connectivity index (χ0v) is 16.2. The lowest BCUT2D eigenvalue weighted by molar-refractivity contribution is 0.0951. The molecule has 2 N–H and O–H groups in total. The molecule has 6 nitrogen and oxygen atoms in total. The van der Waals surface area contributed by atoms with Crippen molar-refractivity contribution in [1.29, 1.82) is 0 Å². The molecule has 140 valence electrons. The number of carbonyl (C=O) groups excluding carboxylic acids is 1. The van der Waals surface area contributed by atoms with Crippen LogP contribution in [0.15, 0.2) is 53.4 Å². The van der Waals surface area contributed by atoms with Gasteiger partial charge in [0.15, 0.2) is 0 Å². The lowest BCUT2D eigenvalue weighted by Crippen LogP contribution is -2.40. The Kier molecular flexibility index (Phi) is 6.05. The van der Waals surface area contributed by atoms with Crippen molar-refractivity contribution in [1.82, 2.24) is 10.0 Å². The zero-order valence-electron chi connectivity index (χ0n) is 15.4. The van der Waals surface area contributed by atoms with E-state index in [2.05, 4.69) is 10.0 Å². The summed E-state index contributed by atoms with van der Waals surface area (Å²) in [6.07, 6.45) is 0. The first-order chi connectivity index (χ1) is 12.1. The van der Waals surface area contributed by atoms with Crippen LogP contribution in [0.25, 0.3) is 0 Å². The van der Waals surface area contributed by atoms with Gasteiger partial charge in [-0.2, -0.15) is 0 Å². The van der Waals surface area contributed by atoms with Crippen molar-refractivity contribution in [2.45, 2.75) is 37.8 Å². The molecule has 0 atom stereocenters. The molecule has 0 aliphatic rings. The van der Waals surface area contributed by atoms with Crippen LogP contribution in [0.2, 0.25) is 0 Å². The lowest BCUT2D eigenvalue weighted by atomic mass is 10.1. The molecule has 0 heterocycles. The third kappa shape index (κ3) is 5.57. The van der Waals surface area contributed by atoms with Crippen molar-refractivity contribution in [2.75, 3.05) is 7.11 Å². The third-order valence-electron chi connectivity index (χ3n) is 3.48. The number of ether oxygens (including phenoxy) is 1. The van der Waals surface area contributed by atoms with Gasteiger partial charge in [-0.1, -0.05) is 12.1 Å². The van der Waals surface area contributed by atoms with E-state index in [1.54, 1.807) is 27.9 Å². The predicted octanol–water partition coefficient (Wildman–Crippen LogP) is 2.70. The Bertz CT molecular complexity index is 852. The SMILES string of the molecule is COc1ccc(CNC(=O)c2ccc(S(=O)(=O)NC(C)(C)C)cc2)cc1. The number of hydrogen-bond donors (Lipinski definition) is 2. The minimum atomic E-state index is -3.62. The summed E-state index contributed by atoms with van der Waals surface area (Å²) < 4.78 is 32.2. The molecule has 26 heavy (non-hydrogen) atoms. The second kappa shape index (κ2) is 7.88. The summed E-state index contributed by atoms with van der Waals surface area (Å²) >= 11 is 0. The zero-order chi connectivity index (χ0) is 19.4. The van der Waals surface area contributed by atoms with Crippen LogP contribution in [0.3, 0.4) is 0 Å². The highest BCUT2D eigenvalue weighted by atomic mass is 32.2. The summed E-state index contributed by atoms with van der Waals surface area (Å²) in [5, 5.41) is 2.80. The third-order valence-corrected chi connectivity index (χ3v) is 5.25. The summed E-state index contributed by atoms with van der Waals surface area (Å²) in [4.78, 5) is 12.4. The van der Waals surface area contributed by atoms with Gasteiger partial charge in [-0.15, -0.1) is 0 Å². The van der Waals surface area contributed by atoms with Gasteiger partial charge in [-0.05, 0) is 62.7 Å². The molecule has 2 rings (SSSR count). The number of rotatable bonds is 6. The topological polar surface area (TPSA) is 84.5 Å². The quantitative estimate of drug-likeness (QED) is 0.812. The number of nitrogens with one attached hydrogen (secondary N) is 2. The fourth-order valence-corrected chi connectivity index (χ4v) is 3.69. The number of methoxy groups -OCH3 is 1. The molecular weight excluding hydrogens is 352 g/mol. The molecule has 0 aromatic heterocycles. The van der Waals surface area contributed by atoms with Crippen LogP contribution in [0.1, 0.15) is 36.7 Å². The van der Waals surface area contributed by atoms with E-state index >= 15 is 0 Å². The smallest absolute Gasteiger partial charge is 0.251 e. The van der Waals surface area contributed by atoms with E-state index < -0.39 is 15.6 Å². The Balaban J connectivity index is 2.01. The van der Waals surface area contributed by atoms with Crippen LogP contribution >= 0.6 is 0 Å². The minimum Gasteiger partial charge on any atom is -0.497 e. The van der Waals surface area contributed by atoms with Crippen molar-refractivity contribution >= 4 is 15.9 Å². The van der Waals surface area contributed by atoms with Crippen LogP contribution in [0, 0.1) is 0 Å². The average molecular weight is 376 g/mol. The fourth-order valence-electron chi connectivity index (χ4n) is 2.28. The summed E-state index contributed by atoms with van der Waals surface area (Å²) in [5.74, 6) is 0.481. The first-order valence-corrected chi connectivity index (χ1v) is 9.64. The van der Waals surface area contributed by atoms with E-state index in [1.165, 1.54) is 24.3 Å². The summed E-state index contributed by atoms with van der Waals surface area (Å²) in [7, 11) is -2.02. The van der Waals surface area contributed by atoms with E-state index in [1.807, 2.05) is 24.3 Å². The molecule has 2 aromatic carbocycles. The summed E-state index contributed by atoms with van der Waals surface area (Å²) in [6, 6.07) is 13.2. The number of amides is 1. The van der Waals surface area contributed by atoms with Gasteiger partial charge in [0.25, 0.3) is 5.91 Å². The number of hydrogen-bond acceptors (Lipinski definition) is 4. The maximum atomic E-state index is 12.3. The average Bonchev–Trinajstić information content (AvgIpc) is 2.58. The molecule has 0 aliphatic carbocycles. The van der Waals surface area contributed by atoms with Crippen molar-refractivity contribution in [3.63, 3.8) is 0 Å². The monoisotopic (exact) mass is 376 g/mol. The molecule has 0 saturated heterocycles. The fraction of sp³-hybridized carbons (Fsp3) is 0.316. The normalized spacial score (nSPS) is 11.8. The first kappa shape index (κ1) is 19.9. The van der Waals surface area contributed by atoms with Gasteiger partial charge in [0.1, 0.15) is 5.75 Å². The Hall–Kier alpha value is -2.38. The summed E-state index contributed by atoms with van der Waals surface area (Å²) in [5.41, 5.74) is 0.758. The standard InChI is InChI=1S/C19H24N2O4S/c1-19(2,3)21-26(23,24)17-11-7-15(8-12-17)18(22)20-13-14-5-9-16(25-4)10-6-14/h5-12,21H,13H2,1-4H3,(H,20,22). The van der Waals surface area contributed by atoms with E-state index in [4.69, 9.17) is 4.74 Å². The van der Waals surface area contributed by atoms with E-state index in [0.717, 1.165) is 11.3 Å². The molecule has 0 saturated carbocycles. The maximum absolute atomic E-state index is 12.3. The molecule has 0 bridgehead atoms. The maximum Gasteiger partial charge on any atom is 0.251 e. The second-order valence-corrected chi connectivity index (χ2v) is 8.59. The lowest BCUT2D eigenvalue weighted by Gasteiger charge is -2.20. The molecule has 7 heteroatoms. The van der Waals surface area contributed by atoms with E-state index in [9.17, 15) is 13.2 Å². The van der Waals surface area contributed by atoms with E-state index in [-0.39, 0.29) is 10.8 Å². The van der Waals surface area contributed by atoms with Crippen LogP contribution < -0.4 is 14.8 Å². The Morgan fingerprint density at radius 2 is 1.58 bits per heavy atom. The minimum absolute atomic E-state index is 0.124. The van der Waals surface area contributed by atoms with Gasteiger partial charge in [-0.25, -0.2) is 13.1 Å². The van der Waals surface area contributed by atoms with Crippen molar-refractivity contribution in [2.24, 2.45) is 0 Å². The highest BCUT2D eigenvalue weighted by Gasteiger charge is 2.22. The number of benzene rings is 2. The number of sulfonamides is 1. The van der Waals surface area contributed by atoms with Gasteiger partial charge >= 0.3 is 0 Å². The summed E-state index contributed by atoms with van der Waals surface area (Å²) in [6.45, 7) is 5.68. The molecule has 2 aromatic rings. The first-order valence-electron chi connectivity index (χ1n) is 8.16. The predicted molar refractivity (Wildman–Crippen MR) is 101 cm³/mol. The van der Waals surface area contributed by atoms with Gasteiger partial charge in [0.05, 0.1) is 12.0 Å². The highest BCUT2D eigenvalue weighted by molar-refractivity contribution is 7.89. The molecule has 0 spiro atoms. The van der Waals surface area contributed by atoms with Crippen LogP contribution in [-0.4, -0.2) is 27.0 Å². The van der Waals surface area contributed by atoms with Gasteiger partial charge in [-0.3, -0.25) is 4.79 Å². The second-order valence-electron chi connectivity index (χ2n) is 6.91. The van der Waals surface area contributed by atoms with Crippen molar-refractivity contribution in [3.05, 3.63) is 59.7 Å². The molecular formula is C19H24N2O4S. The number of carbonyl (C=O) groups is 1. The van der Waals surface area contributed by atoms with Crippen LogP contribution in [-0.2, 0) is 16.6 Å². The Morgan fingerprint density at radius 1 is 1.00 bits per heavy atom. The molecule has 0 unspecified atom stereocenters. The highest BCUT2D eigenvalue weighted by Crippen LogP contribution is 2.14. The Morgan fingerprint density at radius 3 is 2.08 bits per heavy atom. The largest absolute Gasteiger partial charge is 0.497 e. The van der Waals surface area contributed by atoms with Crippen molar-refractivity contribution < 1.29 is 17.9 Å². The van der Waals surface area contributed by atoms with Gasteiger partial charge in [0, 0.05) is 17.6 Å². The van der Waals surface area contributed by atoms with Crippen molar-refractivity contribution in [3.8, 4) is 5.75 Å². The molecule has 0 aliphatic heterocycles. The van der Waals surface area contributed by atoms with Crippen LogP contribution in [0.5, 0.6) is 5.75 Å². The van der Waals surface area contributed by atoms with Gasteiger partial charge in [0.2, 0.25) is 10.0 Å². The molecule has 1 amide bonds. The van der Waals surface area contributed by atoms with Crippen LogP contribution in [0.4, 0.5) is 0 Å². The Labute approximate surface area is 154 Å². The molecule has 0 fully saturated rings.